The zero-order valence-corrected chi connectivity index (χ0v) is 38.3. The minimum atomic E-state index is -4.61. The summed E-state index contributed by atoms with van der Waals surface area (Å²) in [5.41, 5.74) is 0. The predicted molar refractivity (Wildman–Crippen MR) is 242 cm³/mol. The number of hydrogen-bond acceptors (Lipinski definition) is 11. The van der Waals surface area contributed by atoms with E-state index in [0.29, 0.717) is 19.3 Å². The molecule has 61 heavy (non-hydrogen) atoms. The lowest BCUT2D eigenvalue weighted by atomic mass is 10.00. The highest BCUT2D eigenvalue weighted by Crippen LogP contribution is 2.24. The third-order valence-corrected chi connectivity index (χ3v) is 11.1. The number of carbonyl (C=O) groups is 2. The van der Waals surface area contributed by atoms with Gasteiger partial charge in [0.1, 0.15) is 36.8 Å². The fraction of sp³-hybridized carbons (Fsp3) is 0.750. The van der Waals surface area contributed by atoms with E-state index in [2.05, 4.69) is 62.5 Å². The zero-order chi connectivity index (χ0) is 44.8. The van der Waals surface area contributed by atoms with Crippen LogP contribution in [0.4, 0.5) is 0 Å². The first-order valence-corrected chi connectivity index (χ1v) is 25.0. The fourth-order valence-corrected chi connectivity index (χ4v) is 7.46. The minimum absolute atomic E-state index is 0.0852. The Kier molecular flexibility index (Phi) is 35.0. The number of ether oxygens (including phenoxy) is 4. The number of aliphatic hydroxyl groups is 3. The molecular weight excluding hydrogens is 801 g/mol. The summed E-state index contributed by atoms with van der Waals surface area (Å²) >= 11 is 0. The first-order valence-electron chi connectivity index (χ1n) is 23.3. The molecule has 0 aliphatic carbocycles. The van der Waals surface area contributed by atoms with Crippen LogP contribution < -0.4 is 0 Å². The molecule has 1 heterocycles. The molecule has 352 valence electrons. The molecule has 0 aromatic heterocycles. The predicted octanol–water partition coefficient (Wildman–Crippen LogP) is 9.73. The monoisotopic (exact) mass is 883 g/mol. The molecule has 12 nitrogen and oxygen atoms in total. The van der Waals surface area contributed by atoms with Crippen molar-refractivity contribution < 1.29 is 56.8 Å². The molecule has 0 aromatic carbocycles. The summed E-state index contributed by atoms with van der Waals surface area (Å²) in [4.78, 5) is 25.4. The fourth-order valence-electron chi connectivity index (χ4n) is 6.77. The van der Waals surface area contributed by atoms with Crippen molar-refractivity contribution in [1.29, 1.82) is 0 Å². The molecule has 1 fully saturated rings. The van der Waals surface area contributed by atoms with Gasteiger partial charge in [-0.05, 0) is 51.4 Å². The van der Waals surface area contributed by atoms with Gasteiger partial charge in [0.05, 0.1) is 6.61 Å². The highest BCUT2D eigenvalue weighted by Gasteiger charge is 2.46. The van der Waals surface area contributed by atoms with Crippen molar-refractivity contribution in [1.82, 2.24) is 0 Å². The van der Waals surface area contributed by atoms with Gasteiger partial charge in [0.25, 0.3) is 10.1 Å². The van der Waals surface area contributed by atoms with E-state index in [1.165, 1.54) is 77.0 Å². The van der Waals surface area contributed by atoms with E-state index in [-0.39, 0.29) is 19.4 Å². The highest BCUT2D eigenvalue weighted by atomic mass is 32.2. The molecule has 1 aliphatic rings. The lowest BCUT2D eigenvalue weighted by molar-refractivity contribution is -0.297. The molecule has 4 N–H and O–H groups in total. The molecule has 0 aromatic rings. The average Bonchev–Trinajstić information content (AvgIpc) is 3.22. The number of esters is 2. The van der Waals surface area contributed by atoms with Crippen molar-refractivity contribution in [2.24, 2.45) is 0 Å². The molecule has 0 bridgehead atoms. The summed E-state index contributed by atoms with van der Waals surface area (Å²) in [6, 6.07) is 0. The van der Waals surface area contributed by atoms with E-state index in [0.717, 1.165) is 51.4 Å². The van der Waals surface area contributed by atoms with Crippen LogP contribution in [-0.2, 0) is 38.7 Å². The number of unbranched alkanes of at least 4 members (excludes halogenated alkanes) is 16. The van der Waals surface area contributed by atoms with Gasteiger partial charge in [-0.1, -0.05) is 171 Å². The molecule has 13 heteroatoms. The number of carbonyl (C=O) groups excluding carboxylic acids is 2. The van der Waals surface area contributed by atoms with Gasteiger partial charge in [-0.2, -0.15) is 8.42 Å². The standard InChI is InChI=1S/C48H82O12S/c1-3-5-7-9-11-13-15-17-19-21-23-25-27-29-31-33-35-37-44(50)59-41(39-58-48-47(53)46(52)45(51)42(60-48)40-61(54,55)56)38-57-43(49)36-34-32-30-28-26-24-22-20-18-16-14-12-10-8-6-4-2/h5,7,11,13,17,19,23,25,29,31,41-42,45-48,51-53H,3-4,6,8-10,12,14-16,18,20-22,24,26-28,30,32-40H2,1-2H3,(H,54,55,56)/b7-5-,13-11-,19-17-,25-23-,31-29-. The average molecular weight is 883 g/mol. The van der Waals surface area contributed by atoms with Crippen LogP contribution in [0.3, 0.4) is 0 Å². The smallest absolute Gasteiger partial charge is 0.306 e. The second-order valence-corrected chi connectivity index (χ2v) is 17.5. The van der Waals surface area contributed by atoms with Crippen molar-refractivity contribution in [3.8, 4) is 0 Å². The van der Waals surface area contributed by atoms with Crippen LogP contribution in [0.15, 0.2) is 60.8 Å². The molecule has 1 rings (SSSR count). The molecular formula is C48H82O12S. The Labute approximate surface area is 368 Å². The highest BCUT2D eigenvalue weighted by molar-refractivity contribution is 7.85. The van der Waals surface area contributed by atoms with Gasteiger partial charge >= 0.3 is 11.9 Å². The second-order valence-electron chi connectivity index (χ2n) is 16.0. The molecule has 0 saturated carbocycles. The first-order chi connectivity index (χ1) is 29.5. The summed E-state index contributed by atoms with van der Waals surface area (Å²) in [6.07, 6.45) is 37.0. The van der Waals surface area contributed by atoms with Crippen LogP contribution in [0.1, 0.15) is 174 Å². The number of hydrogen-bond donors (Lipinski definition) is 4. The minimum Gasteiger partial charge on any atom is -0.462 e. The summed E-state index contributed by atoms with van der Waals surface area (Å²) in [5, 5.41) is 30.9. The van der Waals surface area contributed by atoms with Crippen LogP contribution in [-0.4, -0.2) is 96.0 Å². The normalized spacial score (nSPS) is 20.5. The van der Waals surface area contributed by atoms with Crippen LogP contribution in [0.2, 0.25) is 0 Å². The lowest BCUT2D eigenvalue weighted by Gasteiger charge is -2.40. The van der Waals surface area contributed by atoms with E-state index >= 15 is 0 Å². The Hall–Kier alpha value is -2.65. The molecule has 1 aliphatic heterocycles. The van der Waals surface area contributed by atoms with Crippen LogP contribution in [0.25, 0.3) is 0 Å². The van der Waals surface area contributed by atoms with Gasteiger partial charge in [0.15, 0.2) is 12.4 Å². The van der Waals surface area contributed by atoms with Gasteiger partial charge < -0.3 is 34.3 Å². The number of rotatable bonds is 38. The Bertz CT molecular complexity index is 1360. The first kappa shape index (κ1) is 56.4. The Balaban J connectivity index is 2.47. The van der Waals surface area contributed by atoms with E-state index in [1.54, 1.807) is 0 Å². The molecule has 1 saturated heterocycles. The molecule has 0 radical (unpaired) electrons. The topological polar surface area (TPSA) is 186 Å². The lowest BCUT2D eigenvalue weighted by Crippen LogP contribution is -2.60. The van der Waals surface area contributed by atoms with Crippen molar-refractivity contribution in [3.63, 3.8) is 0 Å². The van der Waals surface area contributed by atoms with Crippen LogP contribution in [0, 0.1) is 0 Å². The van der Waals surface area contributed by atoms with Gasteiger partial charge in [-0.15, -0.1) is 0 Å². The molecule has 6 atom stereocenters. The van der Waals surface area contributed by atoms with E-state index in [4.69, 9.17) is 18.9 Å². The van der Waals surface area contributed by atoms with E-state index in [1.807, 2.05) is 12.2 Å². The summed E-state index contributed by atoms with van der Waals surface area (Å²) in [5.74, 6) is -2.06. The Morgan fingerprint density at radius 1 is 0.574 bits per heavy atom. The van der Waals surface area contributed by atoms with Gasteiger partial charge in [0, 0.05) is 12.8 Å². The van der Waals surface area contributed by atoms with Crippen LogP contribution in [0.5, 0.6) is 0 Å². The van der Waals surface area contributed by atoms with Crippen molar-refractivity contribution in [2.45, 2.75) is 211 Å². The van der Waals surface area contributed by atoms with Crippen molar-refractivity contribution >= 4 is 22.1 Å². The summed E-state index contributed by atoms with van der Waals surface area (Å²) < 4.78 is 54.0. The summed E-state index contributed by atoms with van der Waals surface area (Å²) in [7, 11) is -4.61. The molecule has 0 spiro atoms. The summed E-state index contributed by atoms with van der Waals surface area (Å²) in [6.45, 7) is 3.60. The van der Waals surface area contributed by atoms with Crippen LogP contribution >= 0.6 is 0 Å². The quantitative estimate of drug-likeness (QED) is 0.0199. The Morgan fingerprint density at radius 3 is 1.52 bits per heavy atom. The maximum atomic E-state index is 12.8. The van der Waals surface area contributed by atoms with Gasteiger partial charge in [-0.3, -0.25) is 14.1 Å². The largest absolute Gasteiger partial charge is 0.462 e. The molecule has 6 unspecified atom stereocenters. The maximum absolute atomic E-state index is 12.8. The SMILES string of the molecule is CC/C=C\C/C=C\C/C=C\C/C=C\C/C=C\CCCC(=O)OC(COC(=O)CCCCCCCCCCCCCCCCCC)COC1OC(CS(=O)(=O)O)C(O)C(O)C1O. The van der Waals surface area contributed by atoms with E-state index in [9.17, 15) is 37.9 Å². The zero-order valence-electron chi connectivity index (χ0n) is 37.5. The second kappa shape index (κ2) is 37.9. The number of allylic oxidation sites excluding steroid dienone is 10. The molecule has 0 amide bonds. The Morgan fingerprint density at radius 2 is 1.03 bits per heavy atom. The van der Waals surface area contributed by atoms with Gasteiger partial charge in [-0.25, -0.2) is 0 Å². The number of aliphatic hydroxyl groups excluding tert-OH is 3. The maximum Gasteiger partial charge on any atom is 0.306 e. The van der Waals surface area contributed by atoms with Crippen molar-refractivity contribution in [3.05, 3.63) is 60.8 Å². The third kappa shape index (κ3) is 32.7. The van der Waals surface area contributed by atoms with Crippen molar-refractivity contribution in [2.75, 3.05) is 19.0 Å². The third-order valence-electron chi connectivity index (χ3n) is 10.4. The van der Waals surface area contributed by atoms with E-state index < -0.39 is 71.2 Å². The van der Waals surface area contributed by atoms with Gasteiger partial charge in [0.2, 0.25) is 0 Å².